The average molecular weight is 487 g/mol. The maximum Gasteiger partial charge on any atom is 0.329 e. The summed E-state index contributed by atoms with van der Waals surface area (Å²) < 4.78 is 16.1. The maximum atomic E-state index is 14.7. The number of carbonyl (C=O) groups is 2. The molecule has 2 heterocycles. The summed E-state index contributed by atoms with van der Waals surface area (Å²) in [6.45, 7) is 0.970. The second-order valence-corrected chi connectivity index (χ2v) is 8.70. The van der Waals surface area contributed by atoms with Gasteiger partial charge in [-0.2, -0.15) is 0 Å². The average Bonchev–Trinajstić information content (AvgIpc) is 2.89. The van der Waals surface area contributed by atoms with Crippen molar-refractivity contribution in [3.05, 3.63) is 116 Å². The topological polar surface area (TPSA) is 95.5 Å². The fraction of sp³-hybridized carbons (Fsp3) is 0.185. The van der Waals surface area contributed by atoms with Crippen molar-refractivity contribution in [3.63, 3.8) is 0 Å². The number of benzene rings is 3. The molecule has 4 aromatic rings. The van der Waals surface area contributed by atoms with Crippen LogP contribution in [0.25, 0.3) is 10.9 Å². The second kappa shape index (κ2) is 9.61. The van der Waals surface area contributed by atoms with Crippen LogP contribution < -0.4 is 11.2 Å². The Hall–Kier alpha value is -4.53. The highest BCUT2D eigenvalue weighted by Crippen LogP contribution is 2.18. The van der Waals surface area contributed by atoms with Gasteiger partial charge in [0.1, 0.15) is 12.4 Å². The summed E-state index contributed by atoms with van der Waals surface area (Å²) >= 11 is 0. The molecule has 0 unspecified atom stereocenters. The molecule has 0 radical (unpaired) electrons. The third-order valence-corrected chi connectivity index (χ3v) is 6.33. The van der Waals surface area contributed by atoms with Crippen molar-refractivity contribution < 1.29 is 14.0 Å². The molecule has 0 saturated carbocycles. The van der Waals surface area contributed by atoms with Crippen molar-refractivity contribution in [1.82, 2.24) is 19.4 Å². The van der Waals surface area contributed by atoms with E-state index in [1.807, 2.05) is 30.3 Å². The highest BCUT2D eigenvalue weighted by atomic mass is 19.1. The monoisotopic (exact) mass is 486 g/mol. The summed E-state index contributed by atoms with van der Waals surface area (Å²) in [5.74, 6) is -1.50. The summed E-state index contributed by atoms with van der Waals surface area (Å²) in [5.41, 5.74) is 0.679. The van der Waals surface area contributed by atoms with E-state index in [9.17, 15) is 23.6 Å². The number of fused-ring (bicyclic) bond motifs is 1. The number of amides is 2. The van der Waals surface area contributed by atoms with Crippen LogP contribution in [0.2, 0.25) is 0 Å². The minimum Gasteiger partial charge on any atom is -0.335 e. The Morgan fingerprint density at radius 1 is 0.861 bits per heavy atom. The molecule has 1 aromatic heterocycles. The van der Waals surface area contributed by atoms with Crippen LogP contribution in [0.4, 0.5) is 4.39 Å². The van der Waals surface area contributed by atoms with Crippen LogP contribution in [0.3, 0.4) is 0 Å². The molecule has 0 aliphatic carbocycles. The van der Waals surface area contributed by atoms with E-state index < -0.39 is 23.0 Å². The zero-order valence-corrected chi connectivity index (χ0v) is 19.3. The normalized spacial score (nSPS) is 13.9. The number of hydrogen-bond donors (Lipinski definition) is 1. The molecule has 3 aromatic carbocycles. The van der Waals surface area contributed by atoms with E-state index in [0.717, 1.165) is 5.56 Å². The van der Waals surface area contributed by atoms with E-state index >= 15 is 0 Å². The summed E-state index contributed by atoms with van der Waals surface area (Å²) in [5, 5.41) is 0.349. The summed E-state index contributed by atoms with van der Waals surface area (Å²) in [6, 6.07) is 20.3. The molecule has 1 saturated heterocycles. The lowest BCUT2D eigenvalue weighted by Gasteiger charge is -2.34. The zero-order chi connectivity index (χ0) is 25.2. The van der Waals surface area contributed by atoms with Gasteiger partial charge in [-0.25, -0.2) is 9.18 Å². The van der Waals surface area contributed by atoms with Crippen LogP contribution >= 0.6 is 0 Å². The van der Waals surface area contributed by atoms with Gasteiger partial charge in [0.15, 0.2) is 0 Å². The summed E-state index contributed by atoms with van der Waals surface area (Å²) in [4.78, 5) is 55.8. The van der Waals surface area contributed by atoms with Gasteiger partial charge < -0.3 is 9.80 Å². The van der Waals surface area contributed by atoms with E-state index in [1.165, 1.54) is 27.7 Å². The highest BCUT2D eigenvalue weighted by molar-refractivity contribution is 5.97. The summed E-state index contributed by atoms with van der Waals surface area (Å²) in [6.07, 6.45) is 0. The fourth-order valence-electron chi connectivity index (χ4n) is 4.44. The summed E-state index contributed by atoms with van der Waals surface area (Å²) in [7, 11) is 0. The lowest BCUT2D eigenvalue weighted by Crippen LogP contribution is -2.51. The number of nitrogens with zero attached hydrogens (tertiary/aromatic N) is 3. The van der Waals surface area contributed by atoms with Crippen molar-refractivity contribution >= 4 is 22.7 Å². The standard InChI is InChI=1S/C27H23FN4O4/c28-22-11-10-19(16-32-23-9-5-4-8-20(23)25(34)29-27(32)36)14-21(22)26(35)31-13-12-30(24(33)17-31)15-18-6-2-1-3-7-18/h1-11,14H,12-13,15-17H2,(H,29,34,36). The third-order valence-electron chi connectivity index (χ3n) is 6.33. The fourth-order valence-corrected chi connectivity index (χ4v) is 4.44. The number of H-pyrrole nitrogens is 1. The van der Waals surface area contributed by atoms with Crippen LogP contribution in [-0.4, -0.2) is 50.8 Å². The molecule has 0 atom stereocenters. The van der Waals surface area contributed by atoms with Gasteiger partial charge >= 0.3 is 5.69 Å². The van der Waals surface area contributed by atoms with E-state index in [2.05, 4.69) is 4.98 Å². The van der Waals surface area contributed by atoms with Crippen LogP contribution in [0.1, 0.15) is 21.5 Å². The van der Waals surface area contributed by atoms with Crippen molar-refractivity contribution in [2.24, 2.45) is 0 Å². The molecular formula is C27H23FN4O4. The van der Waals surface area contributed by atoms with Crippen LogP contribution in [-0.2, 0) is 17.9 Å². The molecule has 2 amide bonds. The number of para-hydroxylation sites is 1. The first-order valence-corrected chi connectivity index (χ1v) is 11.5. The molecule has 182 valence electrons. The van der Waals surface area contributed by atoms with Gasteiger partial charge in [-0.15, -0.1) is 0 Å². The van der Waals surface area contributed by atoms with Gasteiger partial charge in [0.05, 0.1) is 23.0 Å². The first-order valence-electron chi connectivity index (χ1n) is 11.5. The van der Waals surface area contributed by atoms with Gasteiger partial charge in [0.25, 0.3) is 11.5 Å². The van der Waals surface area contributed by atoms with Gasteiger partial charge in [-0.05, 0) is 35.4 Å². The first-order chi connectivity index (χ1) is 17.4. The van der Waals surface area contributed by atoms with E-state index in [4.69, 9.17) is 0 Å². The largest absolute Gasteiger partial charge is 0.335 e. The molecule has 8 nitrogen and oxygen atoms in total. The lowest BCUT2D eigenvalue weighted by atomic mass is 10.1. The number of rotatable bonds is 5. The Labute approximate surface area is 205 Å². The molecule has 5 rings (SSSR count). The molecule has 1 fully saturated rings. The van der Waals surface area contributed by atoms with Gasteiger partial charge in [-0.3, -0.25) is 23.9 Å². The predicted octanol–water partition coefficient (Wildman–Crippen LogP) is 2.36. The van der Waals surface area contributed by atoms with E-state index in [1.54, 1.807) is 29.2 Å². The smallest absolute Gasteiger partial charge is 0.329 e. The Bertz CT molecular complexity index is 1580. The number of halogens is 1. The van der Waals surface area contributed by atoms with Crippen LogP contribution in [0.5, 0.6) is 0 Å². The Morgan fingerprint density at radius 3 is 2.39 bits per heavy atom. The number of hydrogen-bond acceptors (Lipinski definition) is 4. The molecule has 36 heavy (non-hydrogen) atoms. The number of piperazine rings is 1. The first kappa shape index (κ1) is 23.2. The molecule has 1 aliphatic rings. The molecule has 0 spiro atoms. The van der Waals surface area contributed by atoms with E-state index in [0.29, 0.717) is 29.6 Å². The highest BCUT2D eigenvalue weighted by Gasteiger charge is 2.29. The van der Waals surface area contributed by atoms with Crippen molar-refractivity contribution in [1.29, 1.82) is 0 Å². The van der Waals surface area contributed by atoms with Crippen molar-refractivity contribution in [2.75, 3.05) is 19.6 Å². The molecule has 9 heteroatoms. The number of carbonyl (C=O) groups excluding carboxylic acids is 2. The zero-order valence-electron chi connectivity index (χ0n) is 19.3. The molecule has 1 N–H and O–H groups in total. The number of aromatic nitrogens is 2. The Balaban J connectivity index is 1.36. The Morgan fingerprint density at radius 2 is 1.61 bits per heavy atom. The molecule has 0 bridgehead atoms. The second-order valence-electron chi connectivity index (χ2n) is 8.70. The van der Waals surface area contributed by atoms with Gasteiger partial charge in [0, 0.05) is 19.6 Å². The van der Waals surface area contributed by atoms with Crippen LogP contribution in [0.15, 0.2) is 82.4 Å². The number of aromatic amines is 1. The lowest BCUT2D eigenvalue weighted by molar-refractivity contribution is -0.135. The van der Waals surface area contributed by atoms with Gasteiger partial charge in [0.2, 0.25) is 5.91 Å². The van der Waals surface area contributed by atoms with Crippen molar-refractivity contribution in [3.8, 4) is 0 Å². The quantitative estimate of drug-likeness (QED) is 0.469. The SMILES string of the molecule is O=C1CN(C(=O)c2cc(Cn3c(=O)[nH]c(=O)c4ccccc43)ccc2F)CCN1Cc1ccccc1. The molecule has 1 aliphatic heterocycles. The number of nitrogens with one attached hydrogen (secondary N) is 1. The predicted molar refractivity (Wildman–Crippen MR) is 132 cm³/mol. The Kier molecular flexibility index (Phi) is 6.20. The minimum atomic E-state index is -0.707. The van der Waals surface area contributed by atoms with Crippen molar-refractivity contribution in [2.45, 2.75) is 13.1 Å². The van der Waals surface area contributed by atoms with Gasteiger partial charge in [-0.1, -0.05) is 48.5 Å². The van der Waals surface area contributed by atoms with E-state index in [-0.39, 0.29) is 31.1 Å². The maximum absolute atomic E-state index is 14.7. The third kappa shape index (κ3) is 4.55. The van der Waals surface area contributed by atoms with Crippen LogP contribution in [0, 0.1) is 5.82 Å². The minimum absolute atomic E-state index is 0.0282. The molecular weight excluding hydrogens is 463 g/mol.